The zero-order chi connectivity index (χ0) is 12.1. The van der Waals surface area contributed by atoms with Crippen LogP contribution in [0, 0.1) is 5.92 Å². The van der Waals surface area contributed by atoms with Crippen LogP contribution in [-0.2, 0) is 0 Å². The molecule has 17 heavy (non-hydrogen) atoms. The number of hydrogen-bond acceptors (Lipinski definition) is 3. The van der Waals surface area contributed by atoms with Gasteiger partial charge in [-0.15, -0.1) is 12.4 Å². The van der Waals surface area contributed by atoms with Crippen LogP contribution in [-0.4, -0.2) is 12.2 Å². The molecule has 1 atom stereocenters. The van der Waals surface area contributed by atoms with Crippen LogP contribution < -0.4 is 10.5 Å². The first-order valence-corrected chi connectivity index (χ1v) is 5.67. The van der Waals surface area contributed by atoms with Gasteiger partial charge in [0.2, 0.25) is 0 Å². The van der Waals surface area contributed by atoms with E-state index in [1.165, 1.54) is 0 Å². The fourth-order valence-electron chi connectivity index (χ4n) is 1.67. The summed E-state index contributed by atoms with van der Waals surface area (Å²) in [7, 11) is 1.59. The van der Waals surface area contributed by atoms with Crippen LogP contribution in [0.1, 0.15) is 38.3 Å². The van der Waals surface area contributed by atoms with Crippen LogP contribution in [0.25, 0.3) is 0 Å². The number of halogens is 1. The van der Waals surface area contributed by atoms with Crippen molar-refractivity contribution in [3.05, 3.63) is 23.8 Å². The van der Waals surface area contributed by atoms with Crippen LogP contribution in [0.5, 0.6) is 11.5 Å². The molecule has 0 unspecified atom stereocenters. The highest BCUT2D eigenvalue weighted by Crippen LogP contribution is 2.30. The first-order chi connectivity index (χ1) is 7.54. The van der Waals surface area contributed by atoms with Crippen LogP contribution >= 0.6 is 12.4 Å². The number of phenolic OH excluding ortho intramolecular Hbond substituents is 1. The summed E-state index contributed by atoms with van der Waals surface area (Å²) in [5, 5.41) is 9.35. The molecule has 1 aromatic rings. The van der Waals surface area contributed by atoms with Gasteiger partial charge in [0, 0.05) is 17.7 Å². The predicted molar refractivity (Wildman–Crippen MR) is 72.9 cm³/mol. The Hall–Kier alpha value is -0.930. The van der Waals surface area contributed by atoms with Crippen molar-refractivity contribution < 1.29 is 9.84 Å². The van der Waals surface area contributed by atoms with Gasteiger partial charge >= 0.3 is 0 Å². The monoisotopic (exact) mass is 259 g/mol. The summed E-state index contributed by atoms with van der Waals surface area (Å²) in [5.74, 6) is 1.52. The van der Waals surface area contributed by atoms with E-state index in [4.69, 9.17) is 10.5 Å². The van der Waals surface area contributed by atoms with Crippen molar-refractivity contribution in [1.29, 1.82) is 0 Å². The molecule has 0 spiro atoms. The van der Waals surface area contributed by atoms with Gasteiger partial charge in [0.1, 0.15) is 11.5 Å². The van der Waals surface area contributed by atoms with Gasteiger partial charge in [0.05, 0.1) is 7.11 Å². The minimum Gasteiger partial charge on any atom is -0.508 e. The molecule has 98 valence electrons. The van der Waals surface area contributed by atoms with Gasteiger partial charge in [-0.3, -0.25) is 0 Å². The normalized spacial score (nSPS) is 12.1. The van der Waals surface area contributed by atoms with Crippen molar-refractivity contribution in [2.45, 2.75) is 32.7 Å². The summed E-state index contributed by atoms with van der Waals surface area (Å²) in [6.07, 6.45) is 2.02. The second-order valence-corrected chi connectivity index (χ2v) is 4.50. The van der Waals surface area contributed by atoms with Gasteiger partial charge in [-0.1, -0.05) is 19.9 Å². The van der Waals surface area contributed by atoms with E-state index in [2.05, 4.69) is 13.8 Å². The van der Waals surface area contributed by atoms with E-state index < -0.39 is 0 Å². The number of rotatable bonds is 5. The molecule has 0 aliphatic rings. The van der Waals surface area contributed by atoms with E-state index >= 15 is 0 Å². The minimum absolute atomic E-state index is 0. The third-order valence-corrected chi connectivity index (χ3v) is 2.67. The Morgan fingerprint density at radius 2 is 1.94 bits per heavy atom. The predicted octanol–water partition coefficient (Wildman–Crippen LogP) is 3.26. The Morgan fingerprint density at radius 1 is 1.29 bits per heavy atom. The van der Waals surface area contributed by atoms with Crippen molar-refractivity contribution in [2.75, 3.05) is 7.11 Å². The fourth-order valence-corrected chi connectivity index (χ4v) is 1.67. The summed E-state index contributed by atoms with van der Waals surface area (Å²) in [4.78, 5) is 0. The quantitative estimate of drug-likeness (QED) is 0.853. The Bertz CT molecular complexity index is 342. The molecule has 0 bridgehead atoms. The lowest BCUT2D eigenvalue weighted by atomic mass is 9.97. The molecule has 3 N–H and O–H groups in total. The van der Waals surface area contributed by atoms with Crippen molar-refractivity contribution in [3.63, 3.8) is 0 Å². The van der Waals surface area contributed by atoms with Crippen molar-refractivity contribution in [2.24, 2.45) is 11.7 Å². The molecule has 0 aromatic heterocycles. The highest BCUT2D eigenvalue weighted by atomic mass is 35.5. The van der Waals surface area contributed by atoms with Gasteiger partial charge < -0.3 is 15.6 Å². The summed E-state index contributed by atoms with van der Waals surface area (Å²) in [6, 6.07) is 5.05. The van der Waals surface area contributed by atoms with E-state index in [9.17, 15) is 5.11 Å². The number of benzene rings is 1. The van der Waals surface area contributed by atoms with Crippen molar-refractivity contribution in [1.82, 2.24) is 0 Å². The zero-order valence-corrected chi connectivity index (χ0v) is 11.5. The molecular weight excluding hydrogens is 238 g/mol. The van der Waals surface area contributed by atoms with E-state index in [-0.39, 0.29) is 24.2 Å². The molecule has 0 aliphatic carbocycles. The second-order valence-electron chi connectivity index (χ2n) is 4.50. The average Bonchev–Trinajstić information content (AvgIpc) is 2.25. The fraction of sp³-hybridized carbons (Fsp3) is 0.538. The number of phenols is 1. The topological polar surface area (TPSA) is 55.5 Å². The Morgan fingerprint density at radius 3 is 2.47 bits per heavy atom. The zero-order valence-electron chi connectivity index (χ0n) is 10.6. The first-order valence-electron chi connectivity index (χ1n) is 5.67. The third-order valence-electron chi connectivity index (χ3n) is 2.67. The lowest BCUT2D eigenvalue weighted by Crippen LogP contribution is -2.12. The number of ether oxygens (including phenoxy) is 1. The number of hydrogen-bond donors (Lipinski definition) is 2. The highest BCUT2D eigenvalue weighted by Gasteiger charge is 2.12. The first kappa shape index (κ1) is 16.1. The molecule has 4 heteroatoms. The lowest BCUT2D eigenvalue weighted by Gasteiger charge is -2.16. The van der Waals surface area contributed by atoms with E-state index in [1.54, 1.807) is 19.2 Å². The molecule has 0 saturated carbocycles. The summed E-state index contributed by atoms with van der Waals surface area (Å²) in [5.41, 5.74) is 7.07. The number of aromatic hydroxyl groups is 1. The van der Waals surface area contributed by atoms with Gasteiger partial charge in [0.15, 0.2) is 0 Å². The van der Waals surface area contributed by atoms with E-state index in [0.29, 0.717) is 11.7 Å². The molecule has 1 aromatic carbocycles. The SMILES string of the molecule is COc1cc(O)ccc1[C@@H](N)CCC(C)C.Cl. The van der Waals surface area contributed by atoms with Gasteiger partial charge in [-0.05, 0) is 24.8 Å². The molecular formula is C13H22ClNO2. The molecule has 1 rings (SSSR count). The van der Waals surface area contributed by atoms with Gasteiger partial charge in [0.25, 0.3) is 0 Å². The molecule has 0 radical (unpaired) electrons. The Labute approximate surface area is 109 Å². The average molecular weight is 260 g/mol. The Kier molecular flexibility index (Phi) is 7.00. The summed E-state index contributed by atoms with van der Waals surface area (Å²) < 4.78 is 5.21. The van der Waals surface area contributed by atoms with Crippen LogP contribution in [0.3, 0.4) is 0 Å². The highest BCUT2D eigenvalue weighted by molar-refractivity contribution is 5.85. The maximum Gasteiger partial charge on any atom is 0.127 e. The Balaban J connectivity index is 0.00000256. The smallest absolute Gasteiger partial charge is 0.127 e. The second kappa shape index (κ2) is 7.41. The minimum atomic E-state index is -0.0297. The van der Waals surface area contributed by atoms with Gasteiger partial charge in [-0.25, -0.2) is 0 Å². The van der Waals surface area contributed by atoms with Crippen molar-refractivity contribution >= 4 is 12.4 Å². The van der Waals surface area contributed by atoms with Gasteiger partial charge in [-0.2, -0.15) is 0 Å². The maximum absolute atomic E-state index is 9.35. The maximum atomic E-state index is 9.35. The molecule has 0 saturated heterocycles. The molecule has 0 aliphatic heterocycles. The molecule has 0 fully saturated rings. The van der Waals surface area contributed by atoms with Crippen molar-refractivity contribution in [3.8, 4) is 11.5 Å². The van der Waals surface area contributed by atoms with Crippen LogP contribution in [0.2, 0.25) is 0 Å². The van der Waals surface area contributed by atoms with Crippen LogP contribution in [0.4, 0.5) is 0 Å². The summed E-state index contributed by atoms with van der Waals surface area (Å²) in [6.45, 7) is 4.36. The summed E-state index contributed by atoms with van der Waals surface area (Å²) >= 11 is 0. The lowest BCUT2D eigenvalue weighted by molar-refractivity contribution is 0.394. The number of methoxy groups -OCH3 is 1. The molecule has 3 nitrogen and oxygen atoms in total. The molecule has 0 heterocycles. The number of nitrogens with two attached hydrogens (primary N) is 1. The third kappa shape index (κ3) is 4.84. The molecule has 0 amide bonds. The van der Waals surface area contributed by atoms with E-state index in [1.807, 2.05) is 6.07 Å². The van der Waals surface area contributed by atoms with E-state index in [0.717, 1.165) is 18.4 Å². The largest absolute Gasteiger partial charge is 0.508 e. The van der Waals surface area contributed by atoms with Crippen LogP contribution in [0.15, 0.2) is 18.2 Å². The standard InChI is InChI=1S/C13H21NO2.ClH/c1-9(2)4-7-12(14)11-6-5-10(15)8-13(11)16-3;/h5-6,8-9,12,15H,4,7,14H2,1-3H3;1H/t12-;/m0./s1.